The molecule has 2 rings (SSSR count). The Kier molecular flexibility index (Phi) is 3.60. The van der Waals surface area contributed by atoms with Gasteiger partial charge in [0, 0.05) is 11.0 Å². The lowest BCUT2D eigenvalue weighted by Crippen LogP contribution is -2.24. The van der Waals surface area contributed by atoms with Crippen LogP contribution >= 0.6 is 0 Å². The van der Waals surface area contributed by atoms with E-state index in [0.717, 1.165) is 31.2 Å². The normalized spacial score (nSPS) is 17.5. The number of methoxy groups -OCH3 is 2. The fraction of sp³-hybridized carbons (Fsp3) is 0.533. The first kappa shape index (κ1) is 12.9. The highest BCUT2D eigenvalue weighted by Gasteiger charge is 2.36. The third-order valence-electron chi connectivity index (χ3n) is 3.90. The minimum absolute atomic E-state index is 0.195. The Balaban J connectivity index is 2.31. The molecule has 1 fully saturated rings. The molecule has 1 aliphatic rings. The van der Waals surface area contributed by atoms with Gasteiger partial charge in [0.1, 0.15) is 0 Å². The van der Waals surface area contributed by atoms with Crippen LogP contribution in [-0.4, -0.2) is 20.0 Å². The van der Waals surface area contributed by atoms with E-state index in [1.165, 1.54) is 0 Å². The minimum Gasteiger partial charge on any atom is -0.493 e. The number of hydrogen-bond acceptors (Lipinski definition) is 3. The third kappa shape index (κ3) is 2.22. The van der Waals surface area contributed by atoms with Crippen LogP contribution in [0.15, 0.2) is 18.2 Å². The Bertz CT molecular complexity index is 445. The summed E-state index contributed by atoms with van der Waals surface area (Å²) in [6.07, 6.45) is 4.27. The molecular weight excluding hydrogens is 228 g/mol. The van der Waals surface area contributed by atoms with Gasteiger partial charge in [-0.25, -0.2) is 0 Å². The lowest BCUT2D eigenvalue weighted by atomic mass is 9.81. The van der Waals surface area contributed by atoms with Crippen molar-refractivity contribution in [3.05, 3.63) is 23.8 Å². The second-order valence-electron chi connectivity index (χ2n) is 5.17. The fourth-order valence-electron chi connectivity index (χ4n) is 2.71. The van der Waals surface area contributed by atoms with Crippen molar-refractivity contribution in [2.75, 3.05) is 14.2 Å². The van der Waals surface area contributed by atoms with E-state index < -0.39 is 0 Å². The SMILES string of the molecule is COc1ccc(C(=O)C2(C)CCCC2)cc1OC. The van der Waals surface area contributed by atoms with E-state index in [4.69, 9.17) is 9.47 Å². The molecule has 0 heterocycles. The molecule has 3 heteroatoms. The van der Waals surface area contributed by atoms with Crippen molar-refractivity contribution >= 4 is 5.78 Å². The molecule has 0 aliphatic heterocycles. The Morgan fingerprint density at radius 3 is 2.28 bits per heavy atom. The molecule has 0 radical (unpaired) electrons. The van der Waals surface area contributed by atoms with E-state index in [1.54, 1.807) is 26.4 Å². The van der Waals surface area contributed by atoms with Crippen LogP contribution in [0.1, 0.15) is 43.0 Å². The summed E-state index contributed by atoms with van der Waals surface area (Å²) in [4.78, 5) is 12.5. The van der Waals surface area contributed by atoms with Crippen molar-refractivity contribution in [2.24, 2.45) is 5.41 Å². The van der Waals surface area contributed by atoms with Gasteiger partial charge in [0.15, 0.2) is 17.3 Å². The summed E-state index contributed by atoms with van der Waals surface area (Å²) in [5, 5.41) is 0. The van der Waals surface area contributed by atoms with Gasteiger partial charge >= 0.3 is 0 Å². The van der Waals surface area contributed by atoms with Gasteiger partial charge in [-0.3, -0.25) is 4.79 Å². The maximum Gasteiger partial charge on any atom is 0.168 e. The first-order chi connectivity index (χ1) is 8.60. The second-order valence-corrected chi connectivity index (χ2v) is 5.17. The second kappa shape index (κ2) is 5.01. The molecule has 1 saturated carbocycles. The number of Topliss-reactive ketones (excluding diaryl/α,β-unsaturated/α-hetero) is 1. The lowest BCUT2D eigenvalue weighted by Gasteiger charge is -2.22. The molecular formula is C15H20O3. The summed E-state index contributed by atoms with van der Waals surface area (Å²) in [5.41, 5.74) is 0.525. The summed E-state index contributed by atoms with van der Waals surface area (Å²) in [6.45, 7) is 2.07. The average Bonchev–Trinajstić information content (AvgIpc) is 2.85. The molecule has 0 spiro atoms. The number of hydrogen-bond donors (Lipinski definition) is 0. The summed E-state index contributed by atoms with van der Waals surface area (Å²) >= 11 is 0. The Morgan fingerprint density at radius 1 is 1.11 bits per heavy atom. The van der Waals surface area contributed by atoms with Gasteiger partial charge in [0.2, 0.25) is 0 Å². The number of carbonyl (C=O) groups is 1. The van der Waals surface area contributed by atoms with E-state index in [0.29, 0.717) is 11.5 Å². The summed E-state index contributed by atoms with van der Waals surface area (Å²) in [5.74, 6) is 1.50. The number of benzene rings is 1. The van der Waals surface area contributed by atoms with Crippen LogP contribution in [0.25, 0.3) is 0 Å². The zero-order valence-electron chi connectivity index (χ0n) is 11.3. The summed E-state index contributed by atoms with van der Waals surface area (Å²) in [7, 11) is 3.18. The predicted molar refractivity (Wildman–Crippen MR) is 70.5 cm³/mol. The van der Waals surface area contributed by atoms with Crippen molar-refractivity contribution in [3.8, 4) is 11.5 Å². The Labute approximate surface area is 108 Å². The first-order valence-electron chi connectivity index (χ1n) is 6.37. The predicted octanol–water partition coefficient (Wildman–Crippen LogP) is 3.47. The van der Waals surface area contributed by atoms with Gasteiger partial charge in [-0.1, -0.05) is 19.8 Å². The molecule has 0 unspecified atom stereocenters. The van der Waals surface area contributed by atoms with Gasteiger partial charge in [-0.15, -0.1) is 0 Å². The van der Waals surface area contributed by atoms with Gasteiger partial charge < -0.3 is 9.47 Å². The third-order valence-corrected chi connectivity index (χ3v) is 3.90. The van der Waals surface area contributed by atoms with Crippen LogP contribution in [0.5, 0.6) is 11.5 Å². The number of carbonyl (C=O) groups excluding carboxylic acids is 1. The van der Waals surface area contributed by atoms with Crippen LogP contribution in [0.2, 0.25) is 0 Å². The van der Waals surface area contributed by atoms with Crippen molar-refractivity contribution in [1.29, 1.82) is 0 Å². The first-order valence-corrected chi connectivity index (χ1v) is 6.37. The van der Waals surface area contributed by atoms with Crippen LogP contribution in [0, 0.1) is 5.41 Å². The molecule has 0 atom stereocenters. The highest BCUT2D eigenvalue weighted by Crippen LogP contribution is 2.41. The highest BCUT2D eigenvalue weighted by atomic mass is 16.5. The molecule has 0 bridgehead atoms. The number of ether oxygens (including phenoxy) is 2. The van der Waals surface area contributed by atoms with Crippen LogP contribution < -0.4 is 9.47 Å². The molecule has 0 aromatic heterocycles. The number of rotatable bonds is 4. The number of ketones is 1. The molecule has 0 N–H and O–H groups in total. The maximum atomic E-state index is 12.5. The van der Waals surface area contributed by atoms with Crippen molar-refractivity contribution < 1.29 is 14.3 Å². The molecule has 0 amide bonds. The van der Waals surface area contributed by atoms with Crippen molar-refractivity contribution in [3.63, 3.8) is 0 Å². The monoisotopic (exact) mass is 248 g/mol. The molecule has 0 saturated heterocycles. The van der Waals surface area contributed by atoms with Gasteiger partial charge in [0.05, 0.1) is 14.2 Å². The van der Waals surface area contributed by atoms with Crippen molar-refractivity contribution in [2.45, 2.75) is 32.6 Å². The lowest BCUT2D eigenvalue weighted by molar-refractivity contribution is 0.0823. The maximum absolute atomic E-state index is 12.5. The molecule has 98 valence electrons. The van der Waals surface area contributed by atoms with E-state index in [1.807, 2.05) is 6.07 Å². The van der Waals surface area contributed by atoms with Gasteiger partial charge in [0.25, 0.3) is 0 Å². The van der Waals surface area contributed by atoms with E-state index in [2.05, 4.69) is 6.92 Å². The molecule has 1 aromatic rings. The molecule has 1 aliphatic carbocycles. The Hall–Kier alpha value is -1.51. The van der Waals surface area contributed by atoms with Gasteiger partial charge in [-0.2, -0.15) is 0 Å². The average molecular weight is 248 g/mol. The fourth-order valence-corrected chi connectivity index (χ4v) is 2.71. The van der Waals surface area contributed by atoms with Crippen LogP contribution in [0.3, 0.4) is 0 Å². The minimum atomic E-state index is -0.195. The van der Waals surface area contributed by atoms with Crippen LogP contribution in [-0.2, 0) is 0 Å². The smallest absolute Gasteiger partial charge is 0.168 e. The highest BCUT2D eigenvalue weighted by molar-refractivity contribution is 6.01. The zero-order valence-corrected chi connectivity index (χ0v) is 11.3. The summed E-state index contributed by atoms with van der Waals surface area (Å²) in [6, 6.07) is 5.41. The topological polar surface area (TPSA) is 35.5 Å². The zero-order chi connectivity index (χ0) is 13.2. The molecule has 18 heavy (non-hydrogen) atoms. The standard InChI is InChI=1S/C15H20O3/c1-15(8-4-5-9-15)14(16)11-6-7-12(17-2)13(10-11)18-3/h6-7,10H,4-5,8-9H2,1-3H3. The largest absolute Gasteiger partial charge is 0.493 e. The Morgan fingerprint density at radius 2 is 1.72 bits per heavy atom. The van der Waals surface area contributed by atoms with Crippen molar-refractivity contribution in [1.82, 2.24) is 0 Å². The van der Waals surface area contributed by atoms with E-state index >= 15 is 0 Å². The van der Waals surface area contributed by atoms with E-state index in [-0.39, 0.29) is 11.2 Å². The van der Waals surface area contributed by atoms with Crippen LogP contribution in [0.4, 0.5) is 0 Å². The molecule has 3 nitrogen and oxygen atoms in total. The van der Waals surface area contributed by atoms with E-state index in [9.17, 15) is 4.79 Å². The summed E-state index contributed by atoms with van der Waals surface area (Å²) < 4.78 is 10.4. The van der Waals surface area contributed by atoms with Gasteiger partial charge in [-0.05, 0) is 31.0 Å². The quantitative estimate of drug-likeness (QED) is 0.765. The molecule has 1 aromatic carbocycles.